The van der Waals surface area contributed by atoms with Gasteiger partial charge in [0, 0.05) is 23.2 Å². The van der Waals surface area contributed by atoms with Gasteiger partial charge in [-0.2, -0.15) is 0 Å². The number of Topliss-reactive ketones (excluding diaryl/α,β-unsaturated/α-hetero) is 1. The lowest BCUT2D eigenvalue weighted by Crippen LogP contribution is -2.71. The van der Waals surface area contributed by atoms with Crippen LogP contribution < -0.4 is 0 Å². The third-order valence-corrected chi connectivity index (χ3v) is 8.40. The van der Waals surface area contributed by atoms with E-state index < -0.39 is 71.1 Å². The van der Waals surface area contributed by atoms with E-state index >= 15 is 8.78 Å². The van der Waals surface area contributed by atoms with Gasteiger partial charge in [0.15, 0.2) is 22.8 Å². The molecule has 0 aliphatic heterocycles. The summed E-state index contributed by atoms with van der Waals surface area (Å²) in [6, 6.07) is 0. The van der Waals surface area contributed by atoms with E-state index in [2.05, 4.69) is 0 Å². The summed E-state index contributed by atoms with van der Waals surface area (Å²) in [6.45, 7) is 1.92. The third-order valence-electron chi connectivity index (χ3n) is 8.40. The molecule has 160 valence electrons. The van der Waals surface area contributed by atoms with E-state index in [1.54, 1.807) is 0 Å². The number of alkyl halides is 2. The van der Waals surface area contributed by atoms with Crippen LogP contribution in [0.1, 0.15) is 33.1 Å². The molecule has 3 saturated carbocycles. The van der Waals surface area contributed by atoms with E-state index in [9.17, 15) is 30.0 Å². The topological polar surface area (TPSA) is 115 Å². The molecule has 4 aliphatic carbocycles. The van der Waals surface area contributed by atoms with Gasteiger partial charge in [0.1, 0.15) is 12.8 Å². The lowest BCUT2D eigenvalue weighted by atomic mass is 9.44. The van der Waals surface area contributed by atoms with Crippen LogP contribution in [-0.2, 0) is 9.59 Å². The van der Waals surface area contributed by atoms with E-state index in [0.717, 1.165) is 0 Å². The summed E-state index contributed by atoms with van der Waals surface area (Å²) in [7, 11) is 0. The summed E-state index contributed by atoms with van der Waals surface area (Å²) in [5.74, 6) is -3.77. The maximum Gasteiger partial charge on any atom is 0.192 e. The van der Waals surface area contributed by atoms with Gasteiger partial charge in [0.2, 0.25) is 0 Å². The van der Waals surface area contributed by atoms with Crippen molar-refractivity contribution in [3.63, 3.8) is 0 Å². The van der Waals surface area contributed by atoms with Crippen LogP contribution in [0.25, 0.3) is 0 Å². The molecule has 0 radical (unpaired) electrons. The first kappa shape index (κ1) is 20.8. The van der Waals surface area contributed by atoms with Crippen LogP contribution in [0.2, 0.25) is 0 Å². The van der Waals surface area contributed by atoms with Crippen molar-refractivity contribution >= 4 is 11.6 Å². The van der Waals surface area contributed by atoms with Crippen LogP contribution >= 0.6 is 0 Å². The molecule has 8 heteroatoms. The zero-order valence-electron chi connectivity index (χ0n) is 16.3. The Bertz CT molecular complexity index is 841. The van der Waals surface area contributed by atoms with E-state index in [-0.39, 0.29) is 24.2 Å². The summed E-state index contributed by atoms with van der Waals surface area (Å²) >= 11 is 0. The molecule has 0 aromatic rings. The number of hydrogen-bond donors (Lipinski definition) is 4. The molecule has 0 saturated heterocycles. The Morgan fingerprint density at radius 2 is 1.93 bits per heavy atom. The minimum atomic E-state index is -2.49. The Labute approximate surface area is 166 Å². The first-order valence-corrected chi connectivity index (χ1v) is 9.87. The van der Waals surface area contributed by atoms with Gasteiger partial charge in [0.25, 0.3) is 0 Å². The zero-order chi connectivity index (χ0) is 21.6. The van der Waals surface area contributed by atoms with Crippen LogP contribution in [0, 0.1) is 22.7 Å². The summed E-state index contributed by atoms with van der Waals surface area (Å²) in [6.07, 6.45) is -2.24. The van der Waals surface area contributed by atoms with Crippen molar-refractivity contribution < 1.29 is 38.8 Å². The number of allylic oxidation sites excluding steroid dienone is 4. The van der Waals surface area contributed by atoms with Gasteiger partial charge in [-0.05, 0) is 37.8 Å². The van der Waals surface area contributed by atoms with Gasteiger partial charge in [-0.15, -0.1) is 0 Å². The van der Waals surface area contributed by atoms with Crippen molar-refractivity contribution in [2.45, 2.75) is 62.8 Å². The van der Waals surface area contributed by atoms with Gasteiger partial charge in [0.05, 0.1) is 12.2 Å². The van der Waals surface area contributed by atoms with Gasteiger partial charge in [-0.3, -0.25) is 9.59 Å². The second-order valence-corrected chi connectivity index (χ2v) is 9.46. The molecule has 0 bridgehead atoms. The van der Waals surface area contributed by atoms with Crippen molar-refractivity contribution in [2.75, 3.05) is 6.61 Å². The Morgan fingerprint density at radius 3 is 2.55 bits per heavy atom. The number of halogens is 2. The first-order valence-electron chi connectivity index (χ1n) is 9.87. The number of ketones is 2. The molecule has 29 heavy (non-hydrogen) atoms. The fourth-order valence-electron chi connectivity index (χ4n) is 6.79. The Morgan fingerprint density at radius 1 is 1.28 bits per heavy atom. The Kier molecular flexibility index (Phi) is 4.32. The number of carbonyl (C=O) groups is 2. The lowest BCUT2D eigenvalue weighted by molar-refractivity contribution is -0.233. The predicted molar refractivity (Wildman–Crippen MR) is 97.1 cm³/mol. The highest BCUT2D eigenvalue weighted by molar-refractivity contribution is 6.01. The maximum absolute atomic E-state index is 16.8. The van der Waals surface area contributed by atoms with Crippen molar-refractivity contribution in [3.8, 4) is 0 Å². The monoisotopic (exact) mass is 412 g/mol. The van der Waals surface area contributed by atoms with Crippen molar-refractivity contribution in [2.24, 2.45) is 22.7 Å². The zero-order valence-corrected chi connectivity index (χ0v) is 16.3. The SMILES string of the molecule is C[C@]12C=CC(=O)C=C1C[C@@H](F)[C@H]1[C@@H]3C[C@@H](O)[C@](O)(C(=O)CO)[C@@]3(C)C[C@H](O)[C@@]12F. The van der Waals surface area contributed by atoms with E-state index in [0.29, 0.717) is 0 Å². The molecule has 0 aromatic heterocycles. The molecule has 4 rings (SSSR count). The second kappa shape index (κ2) is 6.03. The van der Waals surface area contributed by atoms with Crippen LogP contribution in [-0.4, -0.2) is 68.2 Å². The molecular formula is C21H26F2O6. The first-order chi connectivity index (χ1) is 13.4. The number of aliphatic hydroxyl groups is 4. The highest BCUT2D eigenvalue weighted by atomic mass is 19.2. The van der Waals surface area contributed by atoms with E-state index in [1.807, 2.05) is 0 Å². The minimum Gasteiger partial charge on any atom is -0.390 e. The van der Waals surface area contributed by atoms with Crippen molar-refractivity contribution in [1.29, 1.82) is 0 Å². The molecule has 0 aromatic carbocycles. The third kappa shape index (κ3) is 2.18. The second-order valence-electron chi connectivity index (χ2n) is 9.46. The molecule has 9 atom stereocenters. The van der Waals surface area contributed by atoms with Crippen molar-refractivity contribution in [1.82, 2.24) is 0 Å². The molecular weight excluding hydrogens is 386 g/mol. The van der Waals surface area contributed by atoms with Crippen LogP contribution in [0.3, 0.4) is 0 Å². The number of aliphatic hydroxyl groups excluding tert-OH is 3. The largest absolute Gasteiger partial charge is 0.390 e. The Balaban J connectivity index is 1.88. The van der Waals surface area contributed by atoms with Gasteiger partial charge >= 0.3 is 0 Å². The van der Waals surface area contributed by atoms with Crippen LogP contribution in [0.5, 0.6) is 0 Å². The molecule has 3 fully saturated rings. The summed E-state index contributed by atoms with van der Waals surface area (Å²) in [5.41, 5.74) is -7.60. The summed E-state index contributed by atoms with van der Waals surface area (Å²) in [4.78, 5) is 24.2. The Hall–Kier alpha value is -1.48. The standard InChI is InChI=1S/C21H26F2O6/c1-18-4-3-11(25)5-10(18)6-13(22)17-12-7-14(26)21(29,16(28)9-24)19(12,2)8-15(27)20(17,18)23/h3-5,12-15,17,24,26-27,29H,6-9H2,1-2H3/t12-,13+,14+,15-,17+,18-,19-,20+,21-/m0/s1. The maximum atomic E-state index is 16.8. The number of fused-ring (bicyclic) bond motifs is 5. The fraction of sp³-hybridized carbons (Fsp3) is 0.714. The minimum absolute atomic E-state index is 0.218. The average molecular weight is 412 g/mol. The molecule has 0 amide bonds. The van der Waals surface area contributed by atoms with E-state index in [4.69, 9.17) is 0 Å². The van der Waals surface area contributed by atoms with Gasteiger partial charge in [-0.25, -0.2) is 8.78 Å². The van der Waals surface area contributed by atoms with Crippen LogP contribution in [0.15, 0.2) is 23.8 Å². The highest BCUT2D eigenvalue weighted by Gasteiger charge is 2.77. The lowest BCUT2D eigenvalue weighted by Gasteiger charge is -2.63. The smallest absolute Gasteiger partial charge is 0.192 e. The van der Waals surface area contributed by atoms with Gasteiger partial charge < -0.3 is 20.4 Å². The molecule has 4 aliphatic rings. The highest BCUT2D eigenvalue weighted by Crippen LogP contribution is 2.70. The van der Waals surface area contributed by atoms with Crippen LogP contribution in [0.4, 0.5) is 8.78 Å². The summed E-state index contributed by atoms with van der Waals surface area (Å²) < 4.78 is 32.2. The number of carbonyl (C=O) groups excluding carboxylic acids is 2. The van der Waals surface area contributed by atoms with Gasteiger partial charge in [-0.1, -0.05) is 18.6 Å². The molecule has 0 spiro atoms. The van der Waals surface area contributed by atoms with E-state index in [1.165, 1.54) is 32.1 Å². The number of hydrogen-bond acceptors (Lipinski definition) is 6. The normalized spacial score (nSPS) is 53.7. The average Bonchev–Trinajstić information content (AvgIpc) is 2.85. The quantitative estimate of drug-likeness (QED) is 0.527. The molecule has 6 nitrogen and oxygen atoms in total. The molecule has 0 unspecified atom stereocenters. The fourth-order valence-corrected chi connectivity index (χ4v) is 6.79. The van der Waals surface area contributed by atoms with Crippen molar-refractivity contribution in [3.05, 3.63) is 23.8 Å². The molecule has 0 heterocycles. The summed E-state index contributed by atoms with van der Waals surface area (Å²) in [5, 5.41) is 42.0. The number of rotatable bonds is 2. The predicted octanol–water partition coefficient (Wildman–Crippen LogP) is 0.569. The molecule has 4 N–H and O–H groups in total.